The molecule has 9 heteroatoms. The van der Waals surface area contributed by atoms with Gasteiger partial charge in [0, 0.05) is 28.6 Å². The van der Waals surface area contributed by atoms with E-state index in [2.05, 4.69) is 14.7 Å². The van der Waals surface area contributed by atoms with Gasteiger partial charge in [-0.25, -0.2) is 27.9 Å². The molecule has 0 aliphatic carbocycles. The van der Waals surface area contributed by atoms with Crippen LogP contribution in [0.5, 0.6) is 0 Å². The highest BCUT2D eigenvalue weighted by atomic mass is 32.2. The number of carbonyl (C=O) groups excluding carboxylic acids is 1. The van der Waals surface area contributed by atoms with Gasteiger partial charge in [-0.1, -0.05) is 19.1 Å². The first-order chi connectivity index (χ1) is 12.2. The van der Waals surface area contributed by atoms with E-state index in [1.807, 2.05) is 13.0 Å². The van der Waals surface area contributed by atoms with Gasteiger partial charge in [0.15, 0.2) is 0 Å². The first-order valence-corrected chi connectivity index (χ1v) is 10.4. The number of rotatable bonds is 3. The molecule has 26 heavy (non-hydrogen) atoms. The van der Waals surface area contributed by atoms with Crippen LogP contribution in [-0.2, 0) is 16.4 Å². The number of urea groups is 1. The Bertz CT molecular complexity index is 956. The molecule has 138 valence electrons. The Balaban J connectivity index is 1.86. The van der Waals surface area contributed by atoms with Crippen LogP contribution >= 0.6 is 11.8 Å². The zero-order valence-electron chi connectivity index (χ0n) is 15.0. The van der Waals surface area contributed by atoms with Crippen molar-refractivity contribution in [2.75, 3.05) is 11.9 Å². The van der Waals surface area contributed by atoms with Crippen LogP contribution in [0.25, 0.3) is 0 Å². The molecule has 0 saturated carbocycles. The number of nitrogens with one attached hydrogen (secondary N) is 1. The maximum Gasteiger partial charge on any atom is 0.337 e. The van der Waals surface area contributed by atoms with Crippen molar-refractivity contribution in [1.82, 2.24) is 14.7 Å². The largest absolute Gasteiger partial charge is 0.337 e. The van der Waals surface area contributed by atoms with Crippen LogP contribution in [0.2, 0.25) is 0 Å². The van der Waals surface area contributed by atoms with Crippen LogP contribution in [0.4, 0.5) is 10.7 Å². The summed E-state index contributed by atoms with van der Waals surface area (Å²) in [6, 6.07) is 6.11. The molecule has 0 radical (unpaired) electrons. The summed E-state index contributed by atoms with van der Waals surface area (Å²) in [4.78, 5) is 22.8. The molecule has 3 rings (SSSR count). The molecule has 1 N–H and O–H groups in total. The standard InChI is InChI=1S/C17H20N4O3S2/c1-10-8-11(2)19-16(18-10)21(4)17(22)20-26(23,24)14-7-5-6-13-9-12(3)25-15(13)14/h5-8,12H,9H2,1-4H3,(H,20,22). The smallest absolute Gasteiger partial charge is 0.265 e. The van der Waals surface area contributed by atoms with Gasteiger partial charge in [-0.3, -0.25) is 4.90 Å². The minimum atomic E-state index is -4.00. The van der Waals surface area contributed by atoms with Crippen molar-refractivity contribution >= 4 is 33.8 Å². The van der Waals surface area contributed by atoms with E-state index in [4.69, 9.17) is 0 Å². The number of nitrogens with zero attached hydrogens (tertiary/aromatic N) is 3. The van der Waals surface area contributed by atoms with E-state index in [0.29, 0.717) is 21.5 Å². The van der Waals surface area contributed by atoms with Crippen LogP contribution in [0.15, 0.2) is 34.1 Å². The summed E-state index contributed by atoms with van der Waals surface area (Å²) in [5, 5.41) is 0.309. The number of hydrogen-bond donors (Lipinski definition) is 1. The van der Waals surface area contributed by atoms with Gasteiger partial charge in [0.05, 0.1) is 0 Å². The van der Waals surface area contributed by atoms with E-state index in [-0.39, 0.29) is 10.8 Å². The van der Waals surface area contributed by atoms with Gasteiger partial charge in [-0.15, -0.1) is 11.8 Å². The van der Waals surface area contributed by atoms with E-state index >= 15 is 0 Å². The van der Waals surface area contributed by atoms with Crippen molar-refractivity contribution in [3.63, 3.8) is 0 Å². The average molecular weight is 393 g/mol. The average Bonchev–Trinajstić information content (AvgIpc) is 2.92. The Morgan fingerprint density at radius 1 is 1.27 bits per heavy atom. The lowest BCUT2D eigenvalue weighted by Crippen LogP contribution is -2.41. The van der Waals surface area contributed by atoms with Gasteiger partial charge >= 0.3 is 6.03 Å². The first-order valence-electron chi connectivity index (χ1n) is 8.08. The number of aromatic nitrogens is 2. The number of carbonyl (C=O) groups is 1. The lowest BCUT2D eigenvalue weighted by atomic mass is 10.1. The summed E-state index contributed by atoms with van der Waals surface area (Å²) < 4.78 is 27.7. The highest BCUT2D eigenvalue weighted by molar-refractivity contribution is 8.01. The maximum atomic E-state index is 12.8. The summed E-state index contributed by atoms with van der Waals surface area (Å²) in [5.41, 5.74) is 2.38. The number of aryl methyl sites for hydroxylation is 2. The molecular formula is C17H20N4O3S2. The number of fused-ring (bicyclic) bond motifs is 1. The van der Waals surface area contributed by atoms with Crippen molar-refractivity contribution in [3.05, 3.63) is 41.2 Å². The van der Waals surface area contributed by atoms with E-state index in [1.165, 1.54) is 24.9 Å². The van der Waals surface area contributed by atoms with Gasteiger partial charge in [0.25, 0.3) is 10.0 Å². The molecule has 1 aromatic carbocycles. The lowest BCUT2D eigenvalue weighted by molar-refractivity contribution is 0.252. The Hall–Kier alpha value is -2.13. The van der Waals surface area contributed by atoms with Gasteiger partial charge in [0.2, 0.25) is 5.95 Å². The number of thioether (sulfide) groups is 1. The Kier molecular flexibility index (Phi) is 4.94. The highest BCUT2D eigenvalue weighted by Crippen LogP contribution is 2.40. The van der Waals surface area contributed by atoms with Crippen molar-refractivity contribution in [2.24, 2.45) is 0 Å². The van der Waals surface area contributed by atoms with E-state index in [1.54, 1.807) is 26.0 Å². The Morgan fingerprint density at radius 2 is 1.92 bits per heavy atom. The van der Waals surface area contributed by atoms with Crippen molar-refractivity contribution in [1.29, 1.82) is 0 Å². The van der Waals surface area contributed by atoms with Crippen molar-refractivity contribution in [2.45, 2.75) is 42.2 Å². The normalized spacial score (nSPS) is 16.2. The van der Waals surface area contributed by atoms with Crippen LogP contribution < -0.4 is 9.62 Å². The van der Waals surface area contributed by atoms with Crippen LogP contribution in [0, 0.1) is 13.8 Å². The minimum absolute atomic E-state index is 0.132. The fourth-order valence-corrected chi connectivity index (χ4v) is 5.54. The van der Waals surface area contributed by atoms with E-state index in [0.717, 1.165) is 16.9 Å². The Labute approximate surface area is 157 Å². The monoisotopic (exact) mass is 392 g/mol. The molecule has 2 amide bonds. The molecule has 0 fully saturated rings. The fraction of sp³-hybridized carbons (Fsp3) is 0.353. The maximum absolute atomic E-state index is 12.8. The Morgan fingerprint density at radius 3 is 2.58 bits per heavy atom. The van der Waals surface area contributed by atoms with E-state index in [9.17, 15) is 13.2 Å². The molecule has 2 heterocycles. The molecule has 7 nitrogen and oxygen atoms in total. The second kappa shape index (κ2) is 6.88. The zero-order chi connectivity index (χ0) is 19.1. The number of hydrogen-bond acceptors (Lipinski definition) is 6. The molecule has 0 spiro atoms. The number of amides is 2. The van der Waals surface area contributed by atoms with Gasteiger partial charge < -0.3 is 0 Å². The third kappa shape index (κ3) is 3.68. The zero-order valence-corrected chi connectivity index (χ0v) is 16.6. The molecule has 1 atom stereocenters. The second-order valence-corrected chi connectivity index (χ2v) is 9.40. The molecule has 1 aliphatic rings. The molecule has 1 aromatic heterocycles. The summed E-state index contributed by atoms with van der Waals surface area (Å²) >= 11 is 1.51. The third-order valence-electron chi connectivity index (χ3n) is 3.97. The van der Waals surface area contributed by atoms with Crippen LogP contribution in [0.1, 0.15) is 23.9 Å². The number of anilines is 1. The second-order valence-electron chi connectivity index (χ2n) is 6.30. The summed E-state index contributed by atoms with van der Waals surface area (Å²) in [7, 11) is -2.56. The third-order valence-corrected chi connectivity index (χ3v) is 6.75. The molecule has 1 aliphatic heterocycles. The summed E-state index contributed by atoms with van der Waals surface area (Å²) in [5.74, 6) is 0.150. The van der Waals surface area contributed by atoms with Gasteiger partial charge in [-0.2, -0.15) is 0 Å². The van der Waals surface area contributed by atoms with Gasteiger partial charge in [0.1, 0.15) is 4.90 Å². The molecule has 0 bridgehead atoms. The lowest BCUT2D eigenvalue weighted by Gasteiger charge is -2.17. The SMILES string of the molecule is Cc1cc(C)nc(N(C)C(=O)NS(=O)(=O)c2cccc3c2SC(C)C3)n1. The fourth-order valence-electron chi connectivity index (χ4n) is 2.81. The highest BCUT2D eigenvalue weighted by Gasteiger charge is 2.29. The summed E-state index contributed by atoms with van der Waals surface area (Å²) in [6.45, 7) is 5.61. The number of sulfonamides is 1. The van der Waals surface area contributed by atoms with E-state index < -0.39 is 16.1 Å². The van der Waals surface area contributed by atoms with Crippen LogP contribution in [0.3, 0.4) is 0 Å². The predicted molar refractivity (Wildman–Crippen MR) is 101 cm³/mol. The number of benzene rings is 1. The first kappa shape index (κ1) is 18.7. The van der Waals surface area contributed by atoms with Crippen molar-refractivity contribution in [3.8, 4) is 0 Å². The van der Waals surface area contributed by atoms with Gasteiger partial charge in [-0.05, 0) is 38.0 Å². The summed E-state index contributed by atoms with van der Waals surface area (Å²) in [6.07, 6.45) is 0.813. The molecule has 0 saturated heterocycles. The predicted octanol–water partition coefficient (Wildman–Crippen LogP) is 2.66. The topological polar surface area (TPSA) is 92.3 Å². The molecule has 1 unspecified atom stereocenters. The van der Waals surface area contributed by atoms with Crippen molar-refractivity contribution < 1.29 is 13.2 Å². The quantitative estimate of drug-likeness (QED) is 0.863. The van der Waals surface area contributed by atoms with Crippen LogP contribution in [-0.4, -0.2) is 36.7 Å². The molecule has 2 aromatic rings. The molecular weight excluding hydrogens is 372 g/mol. The minimum Gasteiger partial charge on any atom is -0.265 e.